The van der Waals surface area contributed by atoms with Crippen LogP contribution in [-0.4, -0.2) is 9.55 Å². The van der Waals surface area contributed by atoms with Crippen LogP contribution in [0.25, 0.3) is 98.9 Å². The molecule has 0 N–H and O–H groups in total. The van der Waals surface area contributed by atoms with Gasteiger partial charge < -0.3 is 4.57 Å². The summed E-state index contributed by atoms with van der Waals surface area (Å²) in [5.41, 5.74) is 14.8. The first-order chi connectivity index (χ1) is 28.9. The second-order valence-corrected chi connectivity index (χ2v) is 16.4. The zero-order chi connectivity index (χ0) is 39.8. The van der Waals surface area contributed by atoms with Gasteiger partial charge in [0, 0.05) is 27.4 Å². The van der Waals surface area contributed by atoms with Crippen molar-refractivity contribution in [3.8, 4) is 39.2 Å². The molecule has 1 aliphatic rings. The summed E-state index contributed by atoms with van der Waals surface area (Å²) in [6.07, 6.45) is 8.10. The van der Waals surface area contributed by atoms with Gasteiger partial charge in [0.15, 0.2) is 0 Å². The number of pyridine rings is 1. The molecule has 0 aliphatic heterocycles. The van der Waals surface area contributed by atoms with E-state index < -0.39 is 0 Å². The molecule has 2 aromatic heterocycles. The minimum Gasteiger partial charge on any atom is -0.309 e. The Labute approximate surface area is 344 Å². The molecule has 2 nitrogen and oxygen atoms in total. The SMILES string of the molecule is C=C(/C=C\C=C/C)c1cc(-c2ccc3c(c2)c2cc4c(cc2n3-c2ccc3c5ccccc5c5ccccc5c3c2)C(C)(C)c2ccccc2-4)cc(-c2ccccc2)n1. The van der Waals surface area contributed by atoms with Crippen LogP contribution in [0.2, 0.25) is 0 Å². The Balaban J connectivity index is 1.19. The quantitative estimate of drug-likeness (QED) is 0.122. The zero-order valence-electron chi connectivity index (χ0n) is 33.5. The minimum absolute atomic E-state index is 0.129. The van der Waals surface area contributed by atoms with Crippen molar-refractivity contribution in [3.63, 3.8) is 0 Å². The van der Waals surface area contributed by atoms with Crippen molar-refractivity contribution in [2.45, 2.75) is 26.2 Å². The van der Waals surface area contributed by atoms with Crippen LogP contribution in [0.4, 0.5) is 0 Å². The van der Waals surface area contributed by atoms with Gasteiger partial charge in [0.2, 0.25) is 0 Å². The Morgan fingerprint density at radius 3 is 1.92 bits per heavy atom. The molecule has 10 aromatic rings. The lowest BCUT2D eigenvalue weighted by Crippen LogP contribution is -2.14. The van der Waals surface area contributed by atoms with Crippen molar-refractivity contribution < 1.29 is 0 Å². The Hall–Kier alpha value is -7.29. The Bertz CT molecular complexity index is 3390. The number of hydrogen-bond acceptors (Lipinski definition) is 1. The summed E-state index contributed by atoms with van der Waals surface area (Å²) in [6.45, 7) is 11.2. The second-order valence-electron chi connectivity index (χ2n) is 16.4. The first-order valence-electron chi connectivity index (χ1n) is 20.5. The molecule has 1 aliphatic carbocycles. The van der Waals surface area contributed by atoms with Crippen molar-refractivity contribution in [1.29, 1.82) is 0 Å². The highest BCUT2D eigenvalue weighted by Gasteiger charge is 2.36. The predicted molar refractivity (Wildman–Crippen MR) is 253 cm³/mol. The fraction of sp³-hybridized carbons (Fsp3) is 0.0702. The molecule has 0 fully saturated rings. The van der Waals surface area contributed by atoms with Gasteiger partial charge in [-0.3, -0.25) is 0 Å². The molecular formula is C57H42N2. The highest BCUT2D eigenvalue weighted by molar-refractivity contribution is 6.25. The van der Waals surface area contributed by atoms with Gasteiger partial charge in [0.05, 0.1) is 22.4 Å². The summed E-state index contributed by atoms with van der Waals surface area (Å²) in [6, 6.07) is 60.4. The van der Waals surface area contributed by atoms with Gasteiger partial charge in [-0.1, -0.05) is 160 Å². The van der Waals surface area contributed by atoms with Crippen LogP contribution in [0.15, 0.2) is 195 Å². The summed E-state index contributed by atoms with van der Waals surface area (Å²) >= 11 is 0. The van der Waals surface area contributed by atoms with Gasteiger partial charge in [-0.25, -0.2) is 4.98 Å². The van der Waals surface area contributed by atoms with Crippen LogP contribution in [0.3, 0.4) is 0 Å². The predicted octanol–water partition coefficient (Wildman–Crippen LogP) is 15.4. The minimum atomic E-state index is -0.129. The highest BCUT2D eigenvalue weighted by atomic mass is 15.0. The number of rotatable bonds is 6. The van der Waals surface area contributed by atoms with E-state index in [-0.39, 0.29) is 5.41 Å². The summed E-state index contributed by atoms with van der Waals surface area (Å²) < 4.78 is 2.50. The van der Waals surface area contributed by atoms with E-state index in [1.807, 2.05) is 37.3 Å². The van der Waals surface area contributed by atoms with E-state index in [4.69, 9.17) is 4.98 Å². The zero-order valence-corrected chi connectivity index (χ0v) is 33.5. The molecule has 0 saturated heterocycles. The van der Waals surface area contributed by atoms with E-state index >= 15 is 0 Å². The first-order valence-corrected chi connectivity index (χ1v) is 20.5. The molecule has 0 unspecified atom stereocenters. The third-order valence-corrected chi connectivity index (χ3v) is 12.6. The average molecular weight is 755 g/mol. The van der Waals surface area contributed by atoms with Gasteiger partial charge in [0.1, 0.15) is 0 Å². The highest BCUT2D eigenvalue weighted by Crippen LogP contribution is 2.51. The van der Waals surface area contributed by atoms with Crippen LogP contribution < -0.4 is 0 Å². The van der Waals surface area contributed by atoms with Crippen molar-refractivity contribution >= 4 is 59.7 Å². The molecule has 0 amide bonds. The lowest BCUT2D eigenvalue weighted by molar-refractivity contribution is 0.661. The van der Waals surface area contributed by atoms with Crippen LogP contribution in [0.1, 0.15) is 37.6 Å². The molecule has 2 heterocycles. The summed E-state index contributed by atoms with van der Waals surface area (Å²) in [5, 5.41) is 10.1. The van der Waals surface area contributed by atoms with E-state index in [9.17, 15) is 0 Å². The lowest BCUT2D eigenvalue weighted by Gasteiger charge is -2.21. The summed E-state index contributed by atoms with van der Waals surface area (Å²) in [5.74, 6) is 0. The molecule has 0 atom stereocenters. The van der Waals surface area contributed by atoms with E-state index in [1.165, 1.54) is 76.4 Å². The normalized spacial score (nSPS) is 13.4. The van der Waals surface area contributed by atoms with Crippen LogP contribution in [0, 0.1) is 0 Å². The van der Waals surface area contributed by atoms with Crippen LogP contribution >= 0.6 is 0 Å². The second kappa shape index (κ2) is 13.4. The number of benzene rings is 8. The number of allylic oxidation sites excluding steroid dienone is 5. The number of fused-ring (bicyclic) bond motifs is 12. The van der Waals surface area contributed by atoms with Crippen LogP contribution in [-0.2, 0) is 5.41 Å². The van der Waals surface area contributed by atoms with Gasteiger partial charge in [-0.05, 0) is 127 Å². The molecule has 0 radical (unpaired) electrons. The lowest BCUT2D eigenvalue weighted by atomic mass is 9.82. The molecule has 0 bridgehead atoms. The van der Waals surface area contributed by atoms with Crippen molar-refractivity contribution in [2.75, 3.05) is 0 Å². The van der Waals surface area contributed by atoms with Crippen LogP contribution in [0.5, 0.6) is 0 Å². The molecule has 8 aromatic carbocycles. The molecule has 2 heteroatoms. The Kier molecular flexibility index (Phi) is 7.93. The first kappa shape index (κ1) is 34.9. The van der Waals surface area contributed by atoms with E-state index in [1.54, 1.807) is 0 Å². The van der Waals surface area contributed by atoms with Gasteiger partial charge in [-0.15, -0.1) is 0 Å². The summed E-state index contributed by atoms with van der Waals surface area (Å²) in [4.78, 5) is 5.12. The largest absolute Gasteiger partial charge is 0.309 e. The fourth-order valence-corrected chi connectivity index (χ4v) is 9.69. The standard InChI is InChI=1S/C57H42N2/c1-5-6-8-17-36(2)53-31-39(32-54(58-53)37-18-9-7-10-19-37)38-26-29-55-49(30-38)50-34-48-46-24-15-16-25-51(46)57(3,4)52(48)35-56(50)59(55)40-27-28-45-43-22-12-11-20-41(43)42-21-13-14-23-44(42)47(45)33-40/h5-35H,2H2,1,3-4H3/b6-5-,17-8-. The van der Waals surface area contributed by atoms with Crippen molar-refractivity contribution in [3.05, 3.63) is 211 Å². The average Bonchev–Trinajstić information content (AvgIpc) is 3.72. The molecule has 59 heavy (non-hydrogen) atoms. The number of aromatic nitrogens is 2. The van der Waals surface area contributed by atoms with E-state index in [0.717, 1.165) is 39.3 Å². The third kappa shape index (κ3) is 5.44. The number of nitrogens with zero attached hydrogens (tertiary/aromatic N) is 2. The fourth-order valence-electron chi connectivity index (χ4n) is 9.69. The molecule has 11 rings (SSSR count). The van der Waals surface area contributed by atoms with E-state index in [2.05, 4.69) is 183 Å². The molecule has 0 saturated carbocycles. The maximum absolute atomic E-state index is 5.12. The van der Waals surface area contributed by atoms with Gasteiger partial charge in [-0.2, -0.15) is 0 Å². The monoisotopic (exact) mass is 754 g/mol. The Morgan fingerprint density at radius 2 is 1.17 bits per heavy atom. The smallest absolute Gasteiger partial charge is 0.0715 e. The van der Waals surface area contributed by atoms with E-state index in [0.29, 0.717) is 0 Å². The third-order valence-electron chi connectivity index (χ3n) is 12.6. The van der Waals surface area contributed by atoms with Gasteiger partial charge >= 0.3 is 0 Å². The summed E-state index contributed by atoms with van der Waals surface area (Å²) in [7, 11) is 0. The van der Waals surface area contributed by atoms with Crippen molar-refractivity contribution in [2.24, 2.45) is 0 Å². The maximum atomic E-state index is 5.12. The topological polar surface area (TPSA) is 17.8 Å². The molecule has 0 spiro atoms. The molecule has 280 valence electrons. The van der Waals surface area contributed by atoms with Gasteiger partial charge in [0.25, 0.3) is 0 Å². The number of hydrogen-bond donors (Lipinski definition) is 0. The Morgan fingerprint density at radius 1 is 0.508 bits per heavy atom. The van der Waals surface area contributed by atoms with Crippen molar-refractivity contribution in [1.82, 2.24) is 9.55 Å². The maximum Gasteiger partial charge on any atom is 0.0715 e. The molecular weight excluding hydrogens is 713 g/mol.